The monoisotopic (exact) mass is 456 g/mol. The molecule has 5 rings (SSSR count). The number of nitrogens with zero attached hydrogens (tertiary/aromatic N) is 4. The number of guanidine groups is 2. The molecule has 4 heterocycles. The Morgan fingerprint density at radius 2 is 1.82 bits per heavy atom. The standard InChI is InChI=1S/C20H24N8O5/c21-17-25-15-11(8-27-13(29)6-7-14(27)30)23-18(22)28-9-12(20(32,33)19(15,28)26-17)24-16(31)10-4-2-1-3-5-10/h1-5,11-12,15,32-33H,6-9H2,(H2,22,23)(H,24,31)(H3,21,25,26). The summed E-state index contributed by atoms with van der Waals surface area (Å²) < 4.78 is 0. The fraction of sp³-hybridized carbons (Fsp3) is 0.450. The summed E-state index contributed by atoms with van der Waals surface area (Å²) in [5.41, 5.74) is 10.7. The zero-order valence-corrected chi connectivity index (χ0v) is 17.5. The molecule has 4 unspecified atom stereocenters. The van der Waals surface area contributed by atoms with Crippen LogP contribution in [-0.4, -0.2) is 92.3 Å². The molecule has 2 saturated heterocycles. The first-order valence-electron chi connectivity index (χ1n) is 10.5. The molecule has 33 heavy (non-hydrogen) atoms. The van der Waals surface area contributed by atoms with E-state index in [0.29, 0.717) is 5.56 Å². The maximum atomic E-state index is 12.7. The second-order valence-electron chi connectivity index (χ2n) is 8.53. The lowest BCUT2D eigenvalue weighted by atomic mass is 9.84. The molecule has 1 spiro atoms. The largest absolute Gasteiger partial charge is 0.370 e. The van der Waals surface area contributed by atoms with Crippen LogP contribution in [0.2, 0.25) is 0 Å². The van der Waals surface area contributed by atoms with Crippen LogP contribution >= 0.6 is 0 Å². The Morgan fingerprint density at radius 1 is 1.15 bits per heavy atom. The summed E-state index contributed by atoms with van der Waals surface area (Å²) in [6.07, 6.45) is 0.210. The maximum Gasteiger partial charge on any atom is 0.251 e. The number of imide groups is 1. The molecule has 4 atom stereocenters. The van der Waals surface area contributed by atoms with E-state index in [-0.39, 0.29) is 49.7 Å². The van der Waals surface area contributed by atoms with Crippen molar-refractivity contribution >= 4 is 29.6 Å². The van der Waals surface area contributed by atoms with E-state index in [1.807, 2.05) is 0 Å². The first-order chi connectivity index (χ1) is 15.6. The summed E-state index contributed by atoms with van der Waals surface area (Å²) in [4.78, 5) is 48.2. The molecule has 2 fully saturated rings. The van der Waals surface area contributed by atoms with Gasteiger partial charge in [-0.3, -0.25) is 19.3 Å². The third kappa shape index (κ3) is 2.96. The second-order valence-corrected chi connectivity index (χ2v) is 8.53. The summed E-state index contributed by atoms with van der Waals surface area (Å²) in [6.45, 7) is -0.226. The number of aliphatic imine (C=N–C) groups is 2. The molecule has 1 aromatic rings. The minimum atomic E-state index is -2.59. The maximum absolute atomic E-state index is 12.7. The molecule has 0 aliphatic carbocycles. The van der Waals surface area contributed by atoms with Gasteiger partial charge in [0.15, 0.2) is 17.6 Å². The number of carbonyl (C=O) groups is 3. The van der Waals surface area contributed by atoms with E-state index in [2.05, 4.69) is 20.6 Å². The van der Waals surface area contributed by atoms with Gasteiger partial charge in [-0.25, -0.2) is 9.98 Å². The number of nitrogens with two attached hydrogens (primary N) is 2. The molecule has 8 N–H and O–H groups in total. The van der Waals surface area contributed by atoms with E-state index in [9.17, 15) is 24.6 Å². The number of aliphatic hydroxyl groups is 2. The predicted molar refractivity (Wildman–Crippen MR) is 114 cm³/mol. The number of carbonyl (C=O) groups excluding carboxylic acids is 3. The highest BCUT2D eigenvalue weighted by Crippen LogP contribution is 2.45. The van der Waals surface area contributed by atoms with Crippen molar-refractivity contribution in [2.75, 3.05) is 13.1 Å². The van der Waals surface area contributed by atoms with Crippen molar-refractivity contribution in [3.63, 3.8) is 0 Å². The molecule has 1 aromatic carbocycles. The highest BCUT2D eigenvalue weighted by Gasteiger charge is 2.73. The van der Waals surface area contributed by atoms with Gasteiger partial charge in [0, 0.05) is 24.9 Å². The van der Waals surface area contributed by atoms with Crippen molar-refractivity contribution in [2.24, 2.45) is 21.5 Å². The Labute approximate surface area is 188 Å². The van der Waals surface area contributed by atoms with Gasteiger partial charge in [-0.1, -0.05) is 18.2 Å². The number of amides is 3. The van der Waals surface area contributed by atoms with Crippen LogP contribution in [0, 0.1) is 0 Å². The summed E-state index contributed by atoms with van der Waals surface area (Å²) >= 11 is 0. The Bertz CT molecular complexity index is 1070. The number of likely N-dealkylation sites (tertiary alicyclic amines) is 1. The van der Waals surface area contributed by atoms with Crippen LogP contribution in [0.3, 0.4) is 0 Å². The number of hydrogen-bond acceptors (Lipinski definition) is 11. The van der Waals surface area contributed by atoms with Crippen LogP contribution in [0.4, 0.5) is 0 Å². The first-order valence-corrected chi connectivity index (χ1v) is 10.5. The lowest BCUT2D eigenvalue weighted by Crippen LogP contribution is -2.78. The molecule has 0 radical (unpaired) electrons. The van der Waals surface area contributed by atoms with Crippen molar-refractivity contribution in [3.8, 4) is 0 Å². The van der Waals surface area contributed by atoms with E-state index in [1.165, 1.54) is 4.90 Å². The van der Waals surface area contributed by atoms with Gasteiger partial charge in [-0.2, -0.15) is 0 Å². The van der Waals surface area contributed by atoms with Crippen LogP contribution in [0.5, 0.6) is 0 Å². The van der Waals surface area contributed by atoms with Crippen molar-refractivity contribution in [1.29, 1.82) is 0 Å². The van der Waals surface area contributed by atoms with Gasteiger partial charge < -0.3 is 37.2 Å². The van der Waals surface area contributed by atoms with Crippen LogP contribution in [-0.2, 0) is 9.59 Å². The topological polar surface area (TPSA) is 199 Å². The zero-order chi connectivity index (χ0) is 23.5. The van der Waals surface area contributed by atoms with E-state index >= 15 is 0 Å². The SMILES string of the molecule is NC1=NC2C(CN3C(=O)CCC3=O)N=C(N)N3CC(NC(=O)c4ccccc4)C(O)(O)C23N1. The van der Waals surface area contributed by atoms with Gasteiger partial charge in [0.2, 0.25) is 17.6 Å². The van der Waals surface area contributed by atoms with Gasteiger partial charge in [0.05, 0.1) is 12.6 Å². The molecule has 174 valence electrons. The van der Waals surface area contributed by atoms with E-state index in [0.717, 1.165) is 4.90 Å². The molecular formula is C20H24N8O5. The smallest absolute Gasteiger partial charge is 0.251 e. The Morgan fingerprint density at radius 3 is 2.48 bits per heavy atom. The lowest BCUT2D eigenvalue weighted by molar-refractivity contribution is -0.230. The van der Waals surface area contributed by atoms with Crippen molar-refractivity contribution in [3.05, 3.63) is 35.9 Å². The molecule has 13 heteroatoms. The molecule has 0 saturated carbocycles. The van der Waals surface area contributed by atoms with E-state index in [1.54, 1.807) is 30.3 Å². The predicted octanol–water partition coefficient (Wildman–Crippen LogP) is -3.39. The number of hydrogen-bond donors (Lipinski definition) is 6. The summed E-state index contributed by atoms with van der Waals surface area (Å²) in [6, 6.07) is 5.27. The van der Waals surface area contributed by atoms with Crippen LogP contribution in [0.15, 0.2) is 40.3 Å². The average molecular weight is 456 g/mol. The van der Waals surface area contributed by atoms with Crippen LogP contribution in [0.25, 0.3) is 0 Å². The zero-order valence-electron chi connectivity index (χ0n) is 17.5. The van der Waals surface area contributed by atoms with Gasteiger partial charge in [-0.15, -0.1) is 0 Å². The molecule has 3 amide bonds. The van der Waals surface area contributed by atoms with Crippen molar-refractivity contribution in [2.45, 2.75) is 42.4 Å². The Hall–Kier alpha value is -3.71. The Balaban J connectivity index is 1.48. The Kier molecular flexibility index (Phi) is 4.58. The summed E-state index contributed by atoms with van der Waals surface area (Å²) in [7, 11) is 0. The molecule has 0 aromatic heterocycles. The van der Waals surface area contributed by atoms with Gasteiger partial charge in [-0.05, 0) is 12.1 Å². The van der Waals surface area contributed by atoms with Crippen molar-refractivity contribution in [1.82, 2.24) is 20.4 Å². The normalized spacial score (nSPS) is 32.1. The third-order valence-corrected chi connectivity index (χ3v) is 6.67. The molecule has 13 nitrogen and oxygen atoms in total. The fourth-order valence-corrected chi connectivity index (χ4v) is 5.08. The highest BCUT2D eigenvalue weighted by atomic mass is 16.5. The van der Waals surface area contributed by atoms with Gasteiger partial charge in [0.25, 0.3) is 5.91 Å². The molecule has 0 bridgehead atoms. The molecular weight excluding hydrogens is 432 g/mol. The van der Waals surface area contributed by atoms with Gasteiger partial charge in [0.1, 0.15) is 12.1 Å². The average Bonchev–Trinajstić information content (AvgIpc) is 3.37. The van der Waals surface area contributed by atoms with Crippen LogP contribution in [0.1, 0.15) is 23.2 Å². The lowest BCUT2D eigenvalue weighted by Gasteiger charge is -2.49. The van der Waals surface area contributed by atoms with Crippen molar-refractivity contribution < 1.29 is 24.6 Å². The van der Waals surface area contributed by atoms with E-state index < -0.39 is 35.5 Å². The summed E-state index contributed by atoms with van der Waals surface area (Å²) in [5.74, 6) is -3.92. The number of nitrogens with one attached hydrogen (secondary N) is 2. The van der Waals surface area contributed by atoms with Gasteiger partial charge >= 0.3 is 0 Å². The minimum absolute atomic E-state index is 0.0586. The molecule has 4 aliphatic heterocycles. The quantitative estimate of drug-likeness (QED) is 0.197. The first kappa shape index (κ1) is 21.2. The highest BCUT2D eigenvalue weighted by molar-refractivity contribution is 6.02. The number of benzene rings is 1. The third-order valence-electron chi connectivity index (χ3n) is 6.67. The minimum Gasteiger partial charge on any atom is -0.370 e. The van der Waals surface area contributed by atoms with Crippen LogP contribution < -0.4 is 22.1 Å². The van der Waals surface area contributed by atoms with E-state index in [4.69, 9.17) is 11.5 Å². The summed E-state index contributed by atoms with van der Waals surface area (Å²) in [5, 5.41) is 28.2. The second kappa shape index (κ2) is 7.15. The number of rotatable bonds is 4. The fourth-order valence-electron chi connectivity index (χ4n) is 5.08. The molecule has 4 aliphatic rings.